The standard InChI is InChI=1S/C15H12BrClO3S/c1-20-14-5-2-9(6-12(14)16)8-21-10-3-4-13(17)11(7-10)15(18)19/h2-7H,8H2,1H3,(H,18,19). The Morgan fingerprint density at radius 1 is 1.33 bits per heavy atom. The average Bonchev–Trinajstić information content (AvgIpc) is 2.46. The van der Waals surface area contributed by atoms with Gasteiger partial charge in [0.05, 0.1) is 22.2 Å². The number of carboxylic acid groups (broad SMARTS) is 1. The Morgan fingerprint density at radius 3 is 2.71 bits per heavy atom. The second kappa shape index (κ2) is 7.20. The molecule has 0 fully saturated rings. The molecular weight excluding hydrogens is 376 g/mol. The molecule has 0 bridgehead atoms. The van der Waals surface area contributed by atoms with Crippen molar-refractivity contribution in [1.82, 2.24) is 0 Å². The van der Waals surface area contributed by atoms with Crippen molar-refractivity contribution in [3.8, 4) is 5.75 Å². The van der Waals surface area contributed by atoms with Gasteiger partial charge in [-0.3, -0.25) is 0 Å². The minimum absolute atomic E-state index is 0.123. The summed E-state index contributed by atoms with van der Waals surface area (Å²) in [7, 11) is 1.62. The molecule has 0 saturated carbocycles. The molecule has 0 aliphatic heterocycles. The molecule has 2 rings (SSSR count). The Labute approximate surface area is 140 Å². The molecular formula is C15H12BrClO3S. The molecule has 0 spiro atoms. The first kappa shape index (κ1) is 16.2. The monoisotopic (exact) mass is 386 g/mol. The summed E-state index contributed by atoms with van der Waals surface area (Å²) >= 11 is 10.8. The smallest absolute Gasteiger partial charge is 0.337 e. The third-order valence-corrected chi connectivity index (χ3v) is 4.80. The van der Waals surface area contributed by atoms with E-state index in [1.165, 1.54) is 0 Å². The lowest BCUT2D eigenvalue weighted by Crippen LogP contribution is -1.97. The van der Waals surface area contributed by atoms with Gasteiger partial charge in [-0.2, -0.15) is 0 Å². The summed E-state index contributed by atoms with van der Waals surface area (Å²) in [6.45, 7) is 0. The first-order valence-corrected chi connectivity index (χ1v) is 8.15. The highest BCUT2D eigenvalue weighted by Crippen LogP contribution is 2.30. The van der Waals surface area contributed by atoms with E-state index in [4.69, 9.17) is 21.4 Å². The number of aromatic carboxylic acids is 1. The number of thioether (sulfide) groups is 1. The molecule has 2 aromatic carbocycles. The summed E-state index contributed by atoms with van der Waals surface area (Å²) in [6, 6.07) is 10.9. The zero-order valence-electron chi connectivity index (χ0n) is 11.1. The van der Waals surface area contributed by atoms with Crippen LogP contribution in [0.3, 0.4) is 0 Å². The third kappa shape index (κ3) is 4.15. The molecule has 21 heavy (non-hydrogen) atoms. The molecule has 0 aliphatic carbocycles. The molecule has 6 heteroatoms. The van der Waals surface area contributed by atoms with Gasteiger partial charge in [-0.25, -0.2) is 4.79 Å². The van der Waals surface area contributed by atoms with Gasteiger partial charge in [0.1, 0.15) is 5.75 Å². The molecule has 0 aromatic heterocycles. The quantitative estimate of drug-likeness (QED) is 0.725. The van der Waals surface area contributed by atoms with Gasteiger partial charge in [0.15, 0.2) is 0 Å². The summed E-state index contributed by atoms with van der Waals surface area (Å²) in [6.07, 6.45) is 0. The molecule has 0 aliphatic rings. The van der Waals surface area contributed by atoms with Gasteiger partial charge in [-0.1, -0.05) is 17.7 Å². The van der Waals surface area contributed by atoms with Crippen molar-refractivity contribution in [3.05, 3.63) is 57.0 Å². The fourth-order valence-electron chi connectivity index (χ4n) is 1.72. The van der Waals surface area contributed by atoms with Gasteiger partial charge in [0, 0.05) is 10.6 Å². The molecule has 0 atom stereocenters. The number of carboxylic acids is 1. The highest BCUT2D eigenvalue weighted by Gasteiger charge is 2.10. The molecule has 0 amide bonds. The van der Waals surface area contributed by atoms with E-state index in [1.54, 1.807) is 31.0 Å². The van der Waals surface area contributed by atoms with Crippen LogP contribution in [0.2, 0.25) is 5.02 Å². The lowest BCUT2D eigenvalue weighted by molar-refractivity contribution is 0.0697. The van der Waals surface area contributed by atoms with Crippen LogP contribution in [-0.2, 0) is 5.75 Å². The van der Waals surface area contributed by atoms with E-state index in [1.807, 2.05) is 24.3 Å². The maximum atomic E-state index is 11.0. The fourth-order valence-corrected chi connectivity index (χ4v) is 3.39. The maximum Gasteiger partial charge on any atom is 0.337 e. The van der Waals surface area contributed by atoms with E-state index >= 15 is 0 Å². The van der Waals surface area contributed by atoms with Crippen LogP contribution in [-0.4, -0.2) is 18.2 Å². The van der Waals surface area contributed by atoms with Crippen molar-refractivity contribution in [2.45, 2.75) is 10.6 Å². The van der Waals surface area contributed by atoms with Gasteiger partial charge in [-0.05, 0) is 51.8 Å². The Kier molecular flexibility index (Phi) is 5.56. The van der Waals surface area contributed by atoms with E-state index in [0.29, 0.717) is 0 Å². The van der Waals surface area contributed by atoms with Crippen molar-refractivity contribution in [2.75, 3.05) is 7.11 Å². The Bertz CT molecular complexity index is 676. The van der Waals surface area contributed by atoms with Crippen molar-refractivity contribution >= 4 is 45.3 Å². The predicted molar refractivity (Wildman–Crippen MR) is 88.7 cm³/mol. The number of rotatable bonds is 5. The topological polar surface area (TPSA) is 46.5 Å². The van der Waals surface area contributed by atoms with Crippen LogP contribution in [0.5, 0.6) is 5.75 Å². The summed E-state index contributed by atoms with van der Waals surface area (Å²) in [5, 5.41) is 9.30. The highest BCUT2D eigenvalue weighted by molar-refractivity contribution is 9.10. The number of halogens is 2. The third-order valence-electron chi connectivity index (χ3n) is 2.79. The maximum absolute atomic E-state index is 11.0. The molecule has 0 heterocycles. The van der Waals surface area contributed by atoms with E-state index in [0.717, 1.165) is 26.4 Å². The second-order valence-corrected chi connectivity index (χ2v) is 6.51. The summed E-state index contributed by atoms with van der Waals surface area (Å²) in [5.41, 5.74) is 1.23. The Hall–Kier alpha value is -1.17. The van der Waals surface area contributed by atoms with E-state index in [-0.39, 0.29) is 10.6 Å². The Balaban J connectivity index is 2.11. The average molecular weight is 388 g/mol. The van der Waals surface area contributed by atoms with E-state index in [2.05, 4.69) is 15.9 Å². The lowest BCUT2D eigenvalue weighted by atomic mass is 10.2. The number of ether oxygens (including phenoxy) is 1. The first-order valence-electron chi connectivity index (χ1n) is 5.99. The minimum atomic E-state index is -1.02. The molecule has 110 valence electrons. The van der Waals surface area contributed by atoms with E-state index in [9.17, 15) is 4.79 Å². The van der Waals surface area contributed by atoms with Crippen molar-refractivity contribution in [1.29, 1.82) is 0 Å². The number of benzene rings is 2. The molecule has 1 N–H and O–H groups in total. The number of hydrogen-bond acceptors (Lipinski definition) is 3. The summed E-state index contributed by atoms with van der Waals surface area (Å²) in [5.74, 6) is 0.488. The minimum Gasteiger partial charge on any atom is -0.496 e. The van der Waals surface area contributed by atoms with Crippen LogP contribution in [0.4, 0.5) is 0 Å². The molecule has 2 aromatic rings. The van der Waals surface area contributed by atoms with Gasteiger partial charge < -0.3 is 9.84 Å². The van der Waals surface area contributed by atoms with Gasteiger partial charge in [0.2, 0.25) is 0 Å². The van der Waals surface area contributed by atoms with Crippen LogP contribution < -0.4 is 4.74 Å². The number of methoxy groups -OCH3 is 1. The lowest BCUT2D eigenvalue weighted by Gasteiger charge is -2.07. The number of hydrogen-bond donors (Lipinski definition) is 1. The molecule has 0 saturated heterocycles. The van der Waals surface area contributed by atoms with Crippen LogP contribution >= 0.6 is 39.3 Å². The summed E-state index contributed by atoms with van der Waals surface area (Å²) < 4.78 is 6.08. The van der Waals surface area contributed by atoms with Crippen molar-refractivity contribution in [3.63, 3.8) is 0 Å². The SMILES string of the molecule is COc1ccc(CSc2ccc(Cl)c(C(=O)O)c2)cc1Br. The highest BCUT2D eigenvalue weighted by atomic mass is 79.9. The summed E-state index contributed by atoms with van der Waals surface area (Å²) in [4.78, 5) is 11.9. The first-order chi connectivity index (χ1) is 10.0. The van der Waals surface area contributed by atoms with Gasteiger partial charge in [-0.15, -0.1) is 11.8 Å². The zero-order valence-corrected chi connectivity index (χ0v) is 14.3. The van der Waals surface area contributed by atoms with Gasteiger partial charge in [0.25, 0.3) is 0 Å². The van der Waals surface area contributed by atoms with Crippen LogP contribution in [0.25, 0.3) is 0 Å². The largest absolute Gasteiger partial charge is 0.496 e. The number of carbonyl (C=O) groups is 1. The van der Waals surface area contributed by atoms with Crippen LogP contribution in [0.15, 0.2) is 45.8 Å². The predicted octanol–water partition coefficient (Wildman–Crippen LogP) is 5.10. The Morgan fingerprint density at radius 2 is 2.10 bits per heavy atom. The molecule has 0 unspecified atom stereocenters. The van der Waals surface area contributed by atoms with Crippen molar-refractivity contribution in [2.24, 2.45) is 0 Å². The van der Waals surface area contributed by atoms with E-state index < -0.39 is 5.97 Å². The molecule has 0 radical (unpaired) electrons. The van der Waals surface area contributed by atoms with Crippen LogP contribution in [0.1, 0.15) is 15.9 Å². The fraction of sp³-hybridized carbons (Fsp3) is 0.133. The van der Waals surface area contributed by atoms with Crippen LogP contribution in [0, 0.1) is 0 Å². The zero-order chi connectivity index (χ0) is 15.4. The normalized spacial score (nSPS) is 10.4. The van der Waals surface area contributed by atoms with Crippen molar-refractivity contribution < 1.29 is 14.6 Å². The second-order valence-electron chi connectivity index (χ2n) is 4.20. The molecule has 3 nitrogen and oxygen atoms in total. The van der Waals surface area contributed by atoms with Gasteiger partial charge >= 0.3 is 5.97 Å².